The lowest BCUT2D eigenvalue weighted by atomic mass is 10.2. The van der Waals surface area contributed by atoms with Crippen molar-refractivity contribution < 1.29 is 4.79 Å². The van der Waals surface area contributed by atoms with Crippen LogP contribution in [0.1, 0.15) is 28.7 Å². The predicted octanol–water partition coefficient (Wildman–Crippen LogP) is 3.17. The molecule has 0 saturated carbocycles. The first-order chi connectivity index (χ1) is 11.5. The molecular weight excluding hydrogens is 302 g/mol. The Morgan fingerprint density at radius 1 is 1.21 bits per heavy atom. The maximum Gasteiger partial charge on any atom is 0.257 e. The van der Waals surface area contributed by atoms with Gasteiger partial charge in [-0.1, -0.05) is 0 Å². The lowest BCUT2D eigenvalue weighted by Gasteiger charge is -2.07. The zero-order valence-electron chi connectivity index (χ0n) is 14.4. The molecular formula is C18H21N5O. The summed E-state index contributed by atoms with van der Waals surface area (Å²) < 4.78 is 3.79. The fraction of sp³-hybridized carbons (Fsp3) is 0.278. The third kappa shape index (κ3) is 2.95. The smallest absolute Gasteiger partial charge is 0.257 e. The van der Waals surface area contributed by atoms with E-state index in [4.69, 9.17) is 0 Å². The van der Waals surface area contributed by atoms with Gasteiger partial charge in [-0.2, -0.15) is 5.10 Å². The molecule has 0 aliphatic rings. The minimum absolute atomic E-state index is 0.0912. The summed E-state index contributed by atoms with van der Waals surface area (Å²) in [4.78, 5) is 16.7. The van der Waals surface area contributed by atoms with E-state index < -0.39 is 0 Å². The van der Waals surface area contributed by atoms with Crippen molar-refractivity contribution in [3.63, 3.8) is 0 Å². The zero-order valence-corrected chi connectivity index (χ0v) is 14.4. The summed E-state index contributed by atoms with van der Waals surface area (Å²) in [6.07, 6.45) is 1.66. The number of benzene rings is 1. The molecule has 0 atom stereocenters. The predicted molar refractivity (Wildman–Crippen MR) is 94.0 cm³/mol. The van der Waals surface area contributed by atoms with Crippen LogP contribution in [-0.2, 0) is 13.6 Å². The SMILES string of the molecule is CCn1c(C)cc(C(=O)Nc2ccc(-c3ncn(C)n3)cc2)c1C. The number of rotatable bonds is 4. The van der Waals surface area contributed by atoms with E-state index in [1.807, 2.05) is 51.2 Å². The normalized spacial score (nSPS) is 10.8. The summed E-state index contributed by atoms with van der Waals surface area (Å²) in [5.74, 6) is 0.577. The highest BCUT2D eigenvalue weighted by molar-refractivity contribution is 6.05. The second-order valence-electron chi connectivity index (χ2n) is 5.80. The van der Waals surface area contributed by atoms with Gasteiger partial charge in [0.1, 0.15) is 6.33 Å². The third-order valence-electron chi connectivity index (χ3n) is 4.14. The Hall–Kier alpha value is -2.89. The van der Waals surface area contributed by atoms with Gasteiger partial charge < -0.3 is 9.88 Å². The van der Waals surface area contributed by atoms with Crippen molar-refractivity contribution in [1.29, 1.82) is 0 Å². The zero-order chi connectivity index (χ0) is 17.3. The Morgan fingerprint density at radius 3 is 2.46 bits per heavy atom. The maximum atomic E-state index is 12.5. The molecule has 2 aromatic heterocycles. The molecule has 3 rings (SSSR count). The summed E-state index contributed by atoms with van der Waals surface area (Å²) in [6.45, 7) is 6.92. The Morgan fingerprint density at radius 2 is 1.92 bits per heavy atom. The van der Waals surface area contributed by atoms with Gasteiger partial charge in [-0.15, -0.1) is 0 Å². The number of hydrogen-bond donors (Lipinski definition) is 1. The molecule has 0 unspecified atom stereocenters. The second-order valence-corrected chi connectivity index (χ2v) is 5.80. The van der Waals surface area contributed by atoms with E-state index in [1.165, 1.54) is 0 Å². The van der Waals surface area contributed by atoms with Gasteiger partial charge in [0.2, 0.25) is 0 Å². The second kappa shape index (κ2) is 6.31. The van der Waals surface area contributed by atoms with Crippen LogP contribution in [-0.4, -0.2) is 25.2 Å². The summed E-state index contributed by atoms with van der Waals surface area (Å²) in [5, 5.41) is 7.22. The topological polar surface area (TPSA) is 64.7 Å². The number of aryl methyl sites for hydroxylation is 2. The highest BCUT2D eigenvalue weighted by Crippen LogP contribution is 2.20. The first-order valence-electron chi connectivity index (χ1n) is 7.93. The van der Waals surface area contributed by atoms with E-state index >= 15 is 0 Å². The van der Waals surface area contributed by atoms with Crippen molar-refractivity contribution in [3.8, 4) is 11.4 Å². The van der Waals surface area contributed by atoms with E-state index in [2.05, 4.69) is 26.9 Å². The van der Waals surface area contributed by atoms with Crippen LogP contribution < -0.4 is 5.32 Å². The minimum Gasteiger partial charge on any atom is -0.349 e. The molecule has 0 bridgehead atoms. The number of carbonyl (C=O) groups is 1. The van der Waals surface area contributed by atoms with Gasteiger partial charge in [0.25, 0.3) is 5.91 Å². The van der Waals surface area contributed by atoms with E-state index in [0.29, 0.717) is 11.4 Å². The molecule has 2 heterocycles. The van der Waals surface area contributed by atoms with E-state index in [9.17, 15) is 4.79 Å². The van der Waals surface area contributed by atoms with Crippen LogP contribution in [0, 0.1) is 13.8 Å². The van der Waals surface area contributed by atoms with E-state index in [-0.39, 0.29) is 5.91 Å². The molecule has 24 heavy (non-hydrogen) atoms. The van der Waals surface area contributed by atoms with Crippen LogP contribution in [0.4, 0.5) is 5.69 Å². The number of nitrogens with one attached hydrogen (secondary N) is 1. The summed E-state index contributed by atoms with van der Waals surface area (Å²) >= 11 is 0. The molecule has 6 nitrogen and oxygen atoms in total. The quantitative estimate of drug-likeness (QED) is 0.802. The van der Waals surface area contributed by atoms with Gasteiger partial charge in [0, 0.05) is 36.2 Å². The van der Waals surface area contributed by atoms with E-state index in [1.54, 1.807) is 11.0 Å². The van der Waals surface area contributed by atoms with Crippen LogP contribution in [0.25, 0.3) is 11.4 Å². The average Bonchev–Trinajstić information content (AvgIpc) is 3.11. The van der Waals surface area contributed by atoms with Gasteiger partial charge in [-0.05, 0) is 51.1 Å². The van der Waals surface area contributed by atoms with Gasteiger partial charge in [-0.25, -0.2) is 4.98 Å². The molecule has 6 heteroatoms. The molecule has 0 fully saturated rings. The van der Waals surface area contributed by atoms with Crippen molar-refractivity contribution in [1.82, 2.24) is 19.3 Å². The number of anilines is 1. The summed E-state index contributed by atoms with van der Waals surface area (Å²) in [6, 6.07) is 9.46. The molecule has 0 spiro atoms. The molecule has 0 aliphatic carbocycles. The Bertz CT molecular complexity index is 873. The maximum absolute atomic E-state index is 12.5. The molecule has 1 aromatic carbocycles. The molecule has 0 saturated heterocycles. The molecule has 0 aliphatic heterocycles. The minimum atomic E-state index is -0.0912. The van der Waals surface area contributed by atoms with Crippen LogP contribution in [0.2, 0.25) is 0 Å². The van der Waals surface area contributed by atoms with Crippen molar-refractivity contribution >= 4 is 11.6 Å². The van der Waals surface area contributed by atoms with Crippen molar-refractivity contribution in [2.75, 3.05) is 5.32 Å². The van der Waals surface area contributed by atoms with Gasteiger partial charge in [0.05, 0.1) is 5.56 Å². The largest absolute Gasteiger partial charge is 0.349 e. The third-order valence-corrected chi connectivity index (χ3v) is 4.14. The lowest BCUT2D eigenvalue weighted by molar-refractivity contribution is 0.102. The van der Waals surface area contributed by atoms with Crippen LogP contribution >= 0.6 is 0 Å². The fourth-order valence-electron chi connectivity index (χ4n) is 2.89. The first-order valence-corrected chi connectivity index (χ1v) is 7.93. The Balaban J connectivity index is 1.77. The molecule has 3 aromatic rings. The van der Waals surface area contributed by atoms with Gasteiger partial charge >= 0.3 is 0 Å². The first kappa shape index (κ1) is 16.0. The van der Waals surface area contributed by atoms with Crippen molar-refractivity contribution in [3.05, 3.63) is 53.6 Å². The van der Waals surface area contributed by atoms with Crippen molar-refractivity contribution in [2.24, 2.45) is 7.05 Å². The number of amides is 1. The van der Waals surface area contributed by atoms with Gasteiger partial charge in [0.15, 0.2) is 5.82 Å². The Kier molecular flexibility index (Phi) is 4.20. The van der Waals surface area contributed by atoms with Crippen LogP contribution in [0.3, 0.4) is 0 Å². The highest BCUT2D eigenvalue weighted by atomic mass is 16.1. The molecule has 1 N–H and O–H groups in total. The van der Waals surface area contributed by atoms with Crippen LogP contribution in [0.15, 0.2) is 36.7 Å². The van der Waals surface area contributed by atoms with Gasteiger partial charge in [-0.3, -0.25) is 9.48 Å². The monoisotopic (exact) mass is 323 g/mol. The summed E-state index contributed by atoms with van der Waals surface area (Å²) in [5.41, 5.74) is 4.46. The summed E-state index contributed by atoms with van der Waals surface area (Å²) in [7, 11) is 1.83. The standard InChI is InChI=1S/C18H21N5O/c1-5-23-12(2)10-16(13(23)3)18(24)20-15-8-6-14(7-9-15)17-19-11-22(4)21-17/h6-11H,5H2,1-4H3,(H,20,24). The number of aromatic nitrogens is 4. The molecule has 124 valence electrons. The Labute approximate surface area is 141 Å². The lowest BCUT2D eigenvalue weighted by Crippen LogP contribution is -2.13. The number of hydrogen-bond acceptors (Lipinski definition) is 3. The highest BCUT2D eigenvalue weighted by Gasteiger charge is 2.15. The number of carbonyl (C=O) groups excluding carboxylic acids is 1. The van der Waals surface area contributed by atoms with Crippen molar-refractivity contribution in [2.45, 2.75) is 27.3 Å². The average molecular weight is 323 g/mol. The van der Waals surface area contributed by atoms with Crippen LogP contribution in [0.5, 0.6) is 0 Å². The van der Waals surface area contributed by atoms with E-state index in [0.717, 1.165) is 29.2 Å². The number of nitrogens with zero attached hydrogens (tertiary/aromatic N) is 4. The molecule has 1 amide bonds. The fourth-order valence-corrected chi connectivity index (χ4v) is 2.89. The molecule has 0 radical (unpaired) electrons.